The standard InChI is InChI=1S/C15H16O/c1-12-2-4-13(5-3-12)10-14-6-8-15(11-16)9-7-14/h2-9,16H,10-11H2,1H3. The number of rotatable bonds is 3. The molecular formula is C15H16O. The number of aliphatic hydroxyl groups excluding tert-OH is 1. The van der Waals surface area contributed by atoms with Crippen LogP contribution in [0.4, 0.5) is 0 Å². The highest BCUT2D eigenvalue weighted by molar-refractivity contribution is 5.29. The molecule has 0 heterocycles. The Balaban J connectivity index is 2.11. The molecule has 0 aliphatic carbocycles. The van der Waals surface area contributed by atoms with Gasteiger partial charge in [0, 0.05) is 0 Å². The lowest BCUT2D eigenvalue weighted by molar-refractivity contribution is 0.282. The molecule has 2 aromatic rings. The summed E-state index contributed by atoms with van der Waals surface area (Å²) in [7, 11) is 0. The number of aliphatic hydroxyl groups is 1. The molecule has 0 aromatic heterocycles. The van der Waals surface area contributed by atoms with Crippen molar-refractivity contribution in [2.24, 2.45) is 0 Å². The average Bonchev–Trinajstić information content (AvgIpc) is 2.33. The van der Waals surface area contributed by atoms with Crippen molar-refractivity contribution in [3.05, 3.63) is 70.8 Å². The SMILES string of the molecule is Cc1ccc(Cc2ccc(CO)cc2)cc1. The Morgan fingerprint density at radius 1 is 0.750 bits per heavy atom. The molecule has 0 atom stereocenters. The van der Waals surface area contributed by atoms with Gasteiger partial charge >= 0.3 is 0 Å². The topological polar surface area (TPSA) is 20.2 Å². The Morgan fingerprint density at radius 3 is 1.69 bits per heavy atom. The van der Waals surface area contributed by atoms with Crippen LogP contribution in [0.15, 0.2) is 48.5 Å². The van der Waals surface area contributed by atoms with E-state index < -0.39 is 0 Å². The van der Waals surface area contributed by atoms with E-state index in [4.69, 9.17) is 5.11 Å². The summed E-state index contributed by atoms with van der Waals surface area (Å²) in [6.07, 6.45) is 0.950. The zero-order chi connectivity index (χ0) is 11.4. The smallest absolute Gasteiger partial charge is 0.0681 e. The van der Waals surface area contributed by atoms with Gasteiger partial charge in [-0.1, -0.05) is 54.1 Å². The fraction of sp³-hybridized carbons (Fsp3) is 0.200. The summed E-state index contributed by atoms with van der Waals surface area (Å²) >= 11 is 0. The van der Waals surface area contributed by atoms with Gasteiger partial charge in [0.1, 0.15) is 0 Å². The molecule has 16 heavy (non-hydrogen) atoms. The predicted molar refractivity (Wildman–Crippen MR) is 66.3 cm³/mol. The van der Waals surface area contributed by atoms with Crippen LogP contribution in [-0.4, -0.2) is 5.11 Å². The van der Waals surface area contributed by atoms with Crippen LogP contribution in [-0.2, 0) is 13.0 Å². The zero-order valence-electron chi connectivity index (χ0n) is 9.48. The molecule has 1 heteroatoms. The van der Waals surface area contributed by atoms with E-state index in [1.165, 1.54) is 16.7 Å². The van der Waals surface area contributed by atoms with Crippen molar-refractivity contribution in [2.45, 2.75) is 20.0 Å². The normalized spacial score (nSPS) is 10.4. The second-order valence-electron chi connectivity index (χ2n) is 4.14. The third-order valence-electron chi connectivity index (χ3n) is 2.73. The quantitative estimate of drug-likeness (QED) is 0.829. The molecule has 0 bridgehead atoms. The fourth-order valence-corrected chi connectivity index (χ4v) is 1.70. The van der Waals surface area contributed by atoms with Gasteiger partial charge in [-0.15, -0.1) is 0 Å². The molecule has 2 rings (SSSR count). The van der Waals surface area contributed by atoms with Gasteiger partial charge in [0.15, 0.2) is 0 Å². The fourth-order valence-electron chi connectivity index (χ4n) is 1.70. The maximum atomic E-state index is 8.95. The summed E-state index contributed by atoms with van der Waals surface area (Å²) in [5.41, 5.74) is 4.86. The van der Waals surface area contributed by atoms with Gasteiger partial charge < -0.3 is 5.11 Å². The highest BCUT2D eigenvalue weighted by atomic mass is 16.3. The Labute approximate surface area is 96.4 Å². The monoisotopic (exact) mass is 212 g/mol. The lowest BCUT2D eigenvalue weighted by Crippen LogP contribution is -1.89. The molecule has 2 aromatic carbocycles. The molecule has 0 fully saturated rings. The summed E-state index contributed by atoms with van der Waals surface area (Å²) in [6.45, 7) is 2.21. The van der Waals surface area contributed by atoms with E-state index >= 15 is 0 Å². The molecule has 0 saturated heterocycles. The van der Waals surface area contributed by atoms with Crippen LogP contribution >= 0.6 is 0 Å². The molecule has 1 N–H and O–H groups in total. The molecule has 0 unspecified atom stereocenters. The molecule has 0 radical (unpaired) electrons. The second-order valence-corrected chi connectivity index (χ2v) is 4.14. The minimum atomic E-state index is 0.116. The van der Waals surface area contributed by atoms with Crippen molar-refractivity contribution >= 4 is 0 Å². The lowest BCUT2D eigenvalue weighted by Gasteiger charge is -2.03. The highest BCUT2D eigenvalue weighted by Crippen LogP contribution is 2.11. The number of benzene rings is 2. The minimum absolute atomic E-state index is 0.116. The molecule has 0 amide bonds. The first kappa shape index (κ1) is 10.9. The third-order valence-corrected chi connectivity index (χ3v) is 2.73. The Hall–Kier alpha value is -1.60. The molecule has 0 spiro atoms. The van der Waals surface area contributed by atoms with Crippen LogP contribution in [0.3, 0.4) is 0 Å². The van der Waals surface area contributed by atoms with E-state index in [2.05, 4.69) is 43.3 Å². The van der Waals surface area contributed by atoms with Gasteiger partial charge in [0.05, 0.1) is 6.61 Å². The van der Waals surface area contributed by atoms with Crippen LogP contribution in [0, 0.1) is 6.92 Å². The van der Waals surface area contributed by atoms with Gasteiger partial charge in [-0.25, -0.2) is 0 Å². The van der Waals surface area contributed by atoms with E-state index in [0.717, 1.165) is 12.0 Å². The summed E-state index contributed by atoms with van der Waals surface area (Å²) in [6, 6.07) is 16.7. The van der Waals surface area contributed by atoms with Gasteiger partial charge in [0.25, 0.3) is 0 Å². The maximum Gasteiger partial charge on any atom is 0.0681 e. The van der Waals surface area contributed by atoms with Crippen molar-refractivity contribution in [2.75, 3.05) is 0 Å². The largest absolute Gasteiger partial charge is 0.392 e. The van der Waals surface area contributed by atoms with Gasteiger partial charge in [-0.3, -0.25) is 0 Å². The first-order chi connectivity index (χ1) is 7.78. The second kappa shape index (κ2) is 4.95. The van der Waals surface area contributed by atoms with Crippen LogP contribution in [0.5, 0.6) is 0 Å². The summed E-state index contributed by atoms with van der Waals surface area (Å²) in [5.74, 6) is 0. The summed E-state index contributed by atoms with van der Waals surface area (Å²) in [5, 5.41) is 8.95. The Kier molecular flexibility index (Phi) is 3.37. The summed E-state index contributed by atoms with van der Waals surface area (Å²) in [4.78, 5) is 0. The number of hydrogen-bond donors (Lipinski definition) is 1. The lowest BCUT2D eigenvalue weighted by atomic mass is 10.0. The van der Waals surface area contributed by atoms with Crippen LogP contribution < -0.4 is 0 Å². The maximum absolute atomic E-state index is 8.95. The number of aryl methyl sites for hydroxylation is 1. The van der Waals surface area contributed by atoms with E-state index in [9.17, 15) is 0 Å². The summed E-state index contributed by atoms with van der Waals surface area (Å²) < 4.78 is 0. The van der Waals surface area contributed by atoms with Crippen molar-refractivity contribution < 1.29 is 5.11 Å². The van der Waals surface area contributed by atoms with E-state index in [-0.39, 0.29) is 6.61 Å². The van der Waals surface area contributed by atoms with E-state index in [0.29, 0.717) is 0 Å². The Morgan fingerprint density at radius 2 is 1.19 bits per heavy atom. The van der Waals surface area contributed by atoms with Crippen molar-refractivity contribution in [1.29, 1.82) is 0 Å². The van der Waals surface area contributed by atoms with Crippen LogP contribution in [0.1, 0.15) is 22.3 Å². The number of hydrogen-bond acceptors (Lipinski definition) is 1. The zero-order valence-corrected chi connectivity index (χ0v) is 9.48. The highest BCUT2D eigenvalue weighted by Gasteiger charge is 1.96. The molecule has 82 valence electrons. The van der Waals surface area contributed by atoms with Crippen LogP contribution in [0.25, 0.3) is 0 Å². The first-order valence-corrected chi connectivity index (χ1v) is 5.52. The average molecular weight is 212 g/mol. The third kappa shape index (κ3) is 2.71. The molecule has 0 aliphatic heterocycles. The van der Waals surface area contributed by atoms with Crippen LogP contribution in [0.2, 0.25) is 0 Å². The molecule has 0 aliphatic rings. The molecule has 0 saturated carbocycles. The Bertz CT molecular complexity index is 440. The van der Waals surface area contributed by atoms with Gasteiger partial charge in [0.2, 0.25) is 0 Å². The molecular weight excluding hydrogens is 196 g/mol. The first-order valence-electron chi connectivity index (χ1n) is 5.52. The predicted octanol–water partition coefficient (Wildman–Crippen LogP) is 3.08. The van der Waals surface area contributed by atoms with E-state index in [1.807, 2.05) is 12.1 Å². The van der Waals surface area contributed by atoms with Gasteiger partial charge in [-0.2, -0.15) is 0 Å². The van der Waals surface area contributed by atoms with Crippen molar-refractivity contribution in [3.8, 4) is 0 Å². The van der Waals surface area contributed by atoms with Gasteiger partial charge in [-0.05, 0) is 30.0 Å². The van der Waals surface area contributed by atoms with Crippen molar-refractivity contribution in [1.82, 2.24) is 0 Å². The minimum Gasteiger partial charge on any atom is -0.392 e. The molecule has 1 nitrogen and oxygen atoms in total. The van der Waals surface area contributed by atoms with Crippen molar-refractivity contribution in [3.63, 3.8) is 0 Å². The van der Waals surface area contributed by atoms with E-state index in [1.54, 1.807) is 0 Å².